The lowest BCUT2D eigenvalue weighted by Gasteiger charge is -2.27. The predicted molar refractivity (Wildman–Crippen MR) is 131 cm³/mol. The number of nitrogens with one attached hydrogen (secondary N) is 1. The van der Waals surface area contributed by atoms with Crippen molar-refractivity contribution in [2.24, 2.45) is 13.0 Å². The number of pyridine rings is 1. The first-order valence-electron chi connectivity index (χ1n) is 12.0. The zero-order chi connectivity index (χ0) is 25.7. The SMILES string of the molecule is Cc1cccc(COC(=O)NCc2c(-c3ccc(O[C@H]4CCCC(C(=O)O)C4)c(C)n3)nnn2C)c1. The number of carboxylic acids is 1. The van der Waals surface area contributed by atoms with Gasteiger partial charge in [-0.2, -0.15) is 0 Å². The van der Waals surface area contributed by atoms with E-state index >= 15 is 0 Å². The van der Waals surface area contributed by atoms with Gasteiger partial charge in [0.15, 0.2) is 0 Å². The largest absolute Gasteiger partial charge is 0.489 e. The van der Waals surface area contributed by atoms with Crippen LogP contribution in [0, 0.1) is 19.8 Å². The third-order valence-electron chi connectivity index (χ3n) is 6.34. The zero-order valence-corrected chi connectivity index (χ0v) is 20.7. The lowest BCUT2D eigenvalue weighted by molar-refractivity contribution is -0.143. The zero-order valence-electron chi connectivity index (χ0n) is 20.7. The molecule has 1 aromatic carbocycles. The second-order valence-electron chi connectivity index (χ2n) is 9.15. The van der Waals surface area contributed by atoms with Crippen LogP contribution in [-0.4, -0.2) is 43.3 Å². The Morgan fingerprint density at radius 2 is 2.03 bits per heavy atom. The fourth-order valence-corrected chi connectivity index (χ4v) is 4.39. The number of rotatable bonds is 8. The molecule has 1 aliphatic carbocycles. The van der Waals surface area contributed by atoms with Crippen LogP contribution in [0.2, 0.25) is 0 Å². The summed E-state index contributed by atoms with van der Waals surface area (Å²) in [6, 6.07) is 11.4. The van der Waals surface area contributed by atoms with Crippen LogP contribution in [0.1, 0.15) is 48.2 Å². The minimum absolute atomic E-state index is 0.145. The quantitative estimate of drug-likeness (QED) is 0.483. The van der Waals surface area contributed by atoms with Crippen molar-refractivity contribution < 1.29 is 24.2 Å². The smallest absolute Gasteiger partial charge is 0.407 e. The summed E-state index contributed by atoms with van der Waals surface area (Å²) in [5.41, 5.74) is 4.53. The Labute approximate surface area is 209 Å². The van der Waals surface area contributed by atoms with Crippen LogP contribution in [-0.2, 0) is 29.7 Å². The van der Waals surface area contributed by atoms with Gasteiger partial charge in [0.25, 0.3) is 0 Å². The highest BCUT2D eigenvalue weighted by Crippen LogP contribution is 2.30. The Hall–Kier alpha value is -3.95. The Kier molecular flexibility index (Phi) is 7.82. The van der Waals surface area contributed by atoms with Gasteiger partial charge in [0, 0.05) is 7.05 Å². The van der Waals surface area contributed by atoms with E-state index in [4.69, 9.17) is 9.47 Å². The highest BCUT2D eigenvalue weighted by Gasteiger charge is 2.28. The van der Waals surface area contributed by atoms with E-state index in [0.717, 1.165) is 24.0 Å². The molecule has 10 heteroatoms. The third kappa shape index (κ3) is 6.18. The van der Waals surface area contributed by atoms with E-state index in [2.05, 4.69) is 20.6 Å². The van der Waals surface area contributed by atoms with Gasteiger partial charge >= 0.3 is 12.1 Å². The maximum absolute atomic E-state index is 12.3. The van der Waals surface area contributed by atoms with Crippen molar-refractivity contribution in [3.8, 4) is 17.1 Å². The van der Waals surface area contributed by atoms with E-state index in [0.29, 0.717) is 41.4 Å². The number of aliphatic carboxylic acids is 1. The molecule has 1 fully saturated rings. The van der Waals surface area contributed by atoms with Crippen molar-refractivity contribution >= 4 is 12.1 Å². The van der Waals surface area contributed by atoms with Gasteiger partial charge in [-0.25, -0.2) is 14.5 Å². The number of amides is 1. The van der Waals surface area contributed by atoms with Crippen LogP contribution in [0.25, 0.3) is 11.4 Å². The molecule has 10 nitrogen and oxygen atoms in total. The van der Waals surface area contributed by atoms with Gasteiger partial charge in [-0.15, -0.1) is 5.10 Å². The predicted octanol–water partition coefficient (Wildman–Crippen LogP) is 3.94. The van der Waals surface area contributed by atoms with Gasteiger partial charge in [-0.1, -0.05) is 35.0 Å². The molecule has 190 valence electrons. The van der Waals surface area contributed by atoms with Crippen LogP contribution in [0.3, 0.4) is 0 Å². The molecular weight excluding hydrogens is 462 g/mol. The maximum atomic E-state index is 12.3. The lowest BCUT2D eigenvalue weighted by Crippen LogP contribution is -2.29. The summed E-state index contributed by atoms with van der Waals surface area (Å²) in [4.78, 5) is 28.3. The number of aromatic nitrogens is 4. The molecule has 1 amide bonds. The van der Waals surface area contributed by atoms with Crippen LogP contribution >= 0.6 is 0 Å². The molecule has 3 aromatic rings. The second-order valence-corrected chi connectivity index (χ2v) is 9.15. The number of ether oxygens (including phenoxy) is 2. The van der Waals surface area contributed by atoms with Gasteiger partial charge < -0.3 is 19.9 Å². The number of carboxylic acid groups (broad SMARTS) is 1. The second kappa shape index (κ2) is 11.2. The fraction of sp³-hybridized carbons (Fsp3) is 0.423. The van der Waals surface area contributed by atoms with Crippen molar-refractivity contribution in [3.05, 3.63) is 58.9 Å². The van der Waals surface area contributed by atoms with E-state index in [-0.39, 0.29) is 25.2 Å². The van der Waals surface area contributed by atoms with Crippen molar-refractivity contribution in [1.82, 2.24) is 25.3 Å². The molecule has 2 N–H and O–H groups in total. The molecular formula is C26H31N5O5. The number of nitrogens with zero attached hydrogens (tertiary/aromatic N) is 4. The lowest BCUT2D eigenvalue weighted by atomic mass is 9.87. The van der Waals surface area contributed by atoms with E-state index in [1.165, 1.54) is 0 Å². The van der Waals surface area contributed by atoms with Crippen LogP contribution < -0.4 is 10.1 Å². The molecule has 0 aliphatic heterocycles. The molecule has 0 saturated heterocycles. The Morgan fingerprint density at radius 3 is 2.78 bits per heavy atom. The average Bonchev–Trinajstić information content (AvgIpc) is 3.23. The number of hydrogen-bond acceptors (Lipinski definition) is 7. The normalized spacial score (nSPS) is 17.4. The molecule has 1 unspecified atom stereocenters. The van der Waals surface area contributed by atoms with Gasteiger partial charge in [-0.05, 0) is 57.2 Å². The molecule has 1 saturated carbocycles. The van der Waals surface area contributed by atoms with Crippen LogP contribution in [0.4, 0.5) is 4.79 Å². The van der Waals surface area contributed by atoms with Crippen molar-refractivity contribution in [1.29, 1.82) is 0 Å². The Morgan fingerprint density at radius 1 is 1.19 bits per heavy atom. The molecule has 4 rings (SSSR count). The van der Waals surface area contributed by atoms with Crippen molar-refractivity contribution in [2.45, 2.75) is 58.8 Å². The first kappa shape index (κ1) is 25.2. The highest BCUT2D eigenvalue weighted by molar-refractivity contribution is 5.70. The first-order chi connectivity index (χ1) is 17.3. The molecule has 2 aromatic heterocycles. The standard InChI is InChI=1S/C26H31N5O5/c1-16-6-4-7-18(12-16)15-35-26(34)27-14-22-24(29-30-31(22)3)21-10-11-23(17(2)28-21)36-20-9-5-8-19(13-20)25(32)33/h4,6-7,10-12,19-20H,5,8-9,13-15H2,1-3H3,(H,27,34)(H,32,33)/t19?,20-/m0/s1. The third-order valence-corrected chi connectivity index (χ3v) is 6.34. The molecule has 0 bridgehead atoms. The summed E-state index contributed by atoms with van der Waals surface area (Å²) in [5, 5.41) is 20.4. The maximum Gasteiger partial charge on any atom is 0.407 e. The van der Waals surface area contributed by atoms with Gasteiger partial charge in [-0.3, -0.25) is 4.79 Å². The van der Waals surface area contributed by atoms with Crippen LogP contribution in [0.15, 0.2) is 36.4 Å². The summed E-state index contributed by atoms with van der Waals surface area (Å²) in [7, 11) is 1.75. The van der Waals surface area contributed by atoms with Gasteiger partial charge in [0.05, 0.1) is 35.6 Å². The summed E-state index contributed by atoms with van der Waals surface area (Å²) in [5.74, 6) is -0.510. The molecule has 2 atom stereocenters. The Bertz CT molecular complexity index is 1240. The molecule has 1 aliphatic rings. The minimum atomic E-state index is -0.767. The average molecular weight is 494 g/mol. The number of carbonyl (C=O) groups excluding carboxylic acids is 1. The number of hydrogen-bond donors (Lipinski definition) is 2. The van der Waals surface area contributed by atoms with Crippen molar-refractivity contribution in [2.75, 3.05) is 0 Å². The summed E-state index contributed by atoms with van der Waals surface area (Å²) in [6.45, 7) is 4.18. The van der Waals surface area contributed by atoms with Crippen LogP contribution in [0.5, 0.6) is 5.75 Å². The van der Waals surface area contributed by atoms with Crippen molar-refractivity contribution in [3.63, 3.8) is 0 Å². The fourth-order valence-electron chi connectivity index (χ4n) is 4.39. The summed E-state index contributed by atoms with van der Waals surface area (Å²) < 4.78 is 13.0. The van der Waals surface area contributed by atoms with E-state index < -0.39 is 12.1 Å². The number of benzene rings is 1. The summed E-state index contributed by atoms with van der Waals surface area (Å²) in [6.07, 6.45) is 2.16. The summed E-state index contributed by atoms with van der Waals surface area (Å²) >= 11 is 0. The molecule has 36 heavy (non-hydrogen) atoms. The minimum Gasteiger partial charge on any atom is -0.489 e. The molecule has 0 radical (unpaired) electrons. The van der Waals surface area contributed by atoms with Gasteiger partial charge in [0.2, 0.25) is 0 Å². The van der Waals surface area contributed by atoms with E-state index in [1.807, 2.05) is 44.2 Å². The van der Waals surface area contributed by atoms with E-state index in [1.54, 1.807) is 17.8 Å². The van der Waals surface area contributed by atoms with Gasteiger partial charge in [0.1, 0.15) is 18.1 Å². The molecule has 2 heterocycles. The topological polar surface area (TPSA) is 128 Å². The number of aryl methyl sites for hydroxylation is 3. The number of alkyl carbamates (subject to hydrolysis) is 1. The first-order valence-corrected chi connectivity index (χ1v) is 12.0. The Balaban J connectivity index is 1.38. The van der Waals surface area contributed by atoms with E-state index in [9.17, 15) is 14.7 Å². The monoisotopic (exact) mass is 493 g/mol. The molecule has 0 spiro atoms. The number of carbonyl (C=O) groups is 2. The highest BCUT2D eigenvalue weighted by atomic mass is 16.5.